The summed E-state index contributed by atoms with van der Waals surface area (Å²) in [5.74, 6) is -1.91. The van der Waals surface area contributed by atoms with Crippen LogP contribution in [-0.4, -0.2) is 31.4 Å². The highest BCUT2D eigenvalue weighted by Crippen LogP contribution is 2.45. The van der Waals surface area contributed by atoms with E-state index in [0.717, 1.165) is 26.8 Å². The third kappa shape index (κ3) is 3.81. The minimum absolute atomic E-state index is 0.00169. The molecule has 1 unspecified atom stereocenters. The van der Waals surface area contributed by atoms with Crippen molar-refractivity contribution in [2.24, 2.45) is 5.92 Å². The van der Waals surface area contributed by atoms with Crippen molar-refractivity contribution in [2.45, 2.75) is 58.2 Å². The van der Waals surface area contributed by atoms with Crippen molar-refractivity contribution in [3.05, 3.63) is 75.5 Å². The molecule has 0 radical (unpaired) electrons. The number of fused-ring (bicyclic) bond motifs is 5. The van der Waals surface area contributed by atoms with E-state index in [1.54, 1.807) is 18.2 Å². The first-order chi connectivity index (χ1) is 18.9. The normalized spacial score (nSPS) is 17.6. The molecule has 204 valence electrons. The van der Waals surface area contributed by atoms with E-state index in [2.05, 4.69) is 26.6 Å². The number of alkyl halides is 3. The van der Waals surface area contributed by atoms with Gasteiger partial charge in [-0.1, -0.05) is 26.8 Å². The molecule has 2 aromatic carbocycles. The molecule has 8 nitrogen and oxygen atoms in total. The summed E-state index contributed by atoms with van der Waals surface area (Å²) in [6.07, 6.45) is -3.78. The lowest BCUT2D eigenvalue weighted by molar-refractivity contribution is -0.147. The number of hydrogen-bond donors (Lipinski definition) is 2. The first-order valence-electron chi connectivity index (χ1n) is 13.0. The smallest absolute Gasteiger partial charge is 0.357 e. The minimum Gasteiger partial charge on any atom is -0.357 e. The van der Waals surface area contributed by atoms with E-state index in [-0.39, 0.29) is 36.9 Å². The number of nitrogens with zero attached hydrogens (tertiary/aromatic N) is 4. The van der Waals surface area contributed by atoms with Crippen molar-refractivity contribution < 1.29 is 22.8 Å². The number of carbonyl (C=O) groups excluding carboxylic acids is 2. The lowest BCUT2D eigenvalue weighted by Crippen LogP contribution is -2.33. The third-order valence-corrected chi connectivity index (χ3v) is 8.16. The van der Waals surface area contributed by atoms with Gasteiger partial charge in [0.1, 0.15) is 5.82 Å². The Morgan fingerprint density at radius 3 is 2.73 bits per heavy atom. The molecule has 1 amide bonds. The first-order valence-corrected chi connectivity index (χ1v) is 13.0. The van der Waals surface area contributed by atoms with Crippen LogP contribution in [0.3, 0.4) is 0 Å². The Bertz CT molecular complexity index is 1770. The van der Waals surface area contributed by atoms with Gasteiger partial charge >= 0.3 is 6.18 Å². The second kappa shape index (κ2) is 8.78. The molecule has 2 aliphatic rings. The Morgan fingerprint density at radius 2 is 2.02 bits per heavy atom. The number of rotatable bonds is 3. The second-order valence-electron chi connectivity index (χ2n) is 10.9. The molecule has 4 aromatic rings. The summed E-state index contributed by atoms with van der Waals surface area (Å²) in [5.41, 5.74) is 4.57. The van der Waals surface area contributed by atoms with E-state index < -0.39 is 23.3 Å². The fourth-order valence-corrected chi connectivity index (χ4v) is 6.00. The van der Waals surface area contributed by atoms with Crippen LogP contribution in [0.15, 0.2) is 30.3 Å². The molecule has 11 heteroatoms. The van der Waals surface area contributed by atoms with Crippen LogP contribution in [0, 0.1) is 17.2 Å². The van der Waals surface area contributed by atoms with Crippen LogP contribution in [0.25, 0.3) is 10.9 Å². The Balaban J connectivity index is 1.34. The number of anilines is 1. The number of amides is 1. The van der Waals surface area contributed by atoms with E-state index in [9.17, 15) is 28.0 Å². The molecule has 0 bridgehead atoms. The minimum atomic E-state index is -4.60. The van der Waals surface area contributed by atoms with Gasteiger partial charge < -0.3 is 14.9 Å². The molecule has 0 fully saturated rings. The fourth-order valence-electron chi connectivity index (χ4n) is 6.00. The molecular weight excluding hydrogens is 521 g/mol. The zero-order chi connectivity index (χ0) is 28.6. The number of H-pyrrole nitrogens is 1. The maximum Gasteiger partial charge on any atom is 0.451 e. The lowest BCUT2D eigenvalue weighted by atomic mass is 9.70. The van der Waals surface area contributed by atoms with Gasteiger partial charge in [0.25, 0.3) is 0 Å². The van der Waals surface area contributed by atoms with E-state index in [1.807, 2.05) is 32.9 Å². The topological polar surface area (TPSA) is 116 Å². The highest BCUT2D eigenvalue weighted by atomic mass is 19.4. The average Bonchev–Trinajstić information content (AvgIpc) is 3.53. The quantitative estimate of drug-likeness (QED) is 0.363. The summed E-state index contributed by atoms with van der Waals surface area (Å²) < 4.78 is 40.7. The highest BCUT2D eigenvalue weighted by Gasteiger charge is 2.42. The molecule has 1 aliphatic heterocycles. The van der Waals surface area contributed by atoms with Crippen LogP contribution in [0.4, 0.5) is 18.9 Å². The molecular formula is C29H25F3N6O2. The van der Waals surface area contributed by atoms with Crippen molar-refractivity contribution in [1.29, 1.82) is 5.26 Å². The van der Waals surface area contributed by atoms with Crippen LogP contribution in [0.2, 0.25) is 0 Å². The Hall–Kier alpha value is -4.46. The predicted octanol–water partition coefficient (Wildman–Crippen LogP) is 5.28. The summed E-state index contributed by atoms with van der Waals surface area (Å²) in [4.78, 5) is 30.5. The zero-order valence-electron chi connectivity index (χ0n) is 22.0. The summed E-state index contributed by atoms with van der Waals surface area (Å²) in [6.45, 7) is 5.93. The number of aromatic nitrogens is 4. The van der Waals surface area contributed by atoms with E-state index in [4.69, 9.17) is 0 Å². The van der Waals surface area contributed by atoms with Gasteiger partial charge in [-0.25, -0.2) is 0 Å². The van der Waals surface area contributed by atoms with Crippen LogP contribution in [0.5, 0.6) is 0 Å². The number of benzene rings is 2. The molecule has 3 heterocycles. The third-order valence-electron chi connectivity index (χ3n) is 8.16. The number of halogens is 3. The number of nitriles is 1. The molecule has 1 aliphatic carbocycles. The zero-order valence-corrected chi connectivity index (χ0v) is 22.0. The number of nitrogens with one attached hydrogen (secondary N) is 2. The van der Waals surface area contributed by atoms with Gasteiger partial charge in [-0.15, -0.1) is 10.2 Å². The SMILES string of the molecule is CCc1cc2c(cc1NC(=O)C1CCn3c(nnc3C(F)(F)F)C1)C(C)(C)c1[nH]c3cc(C#N)ccc3c1C2=O. The van der Waals surface area contributed by atoms with Crippen molar-refractivity contribution in [2.75, 3.05) is 5.32 Å². The van der Waals surface area contributed by atoms with E-state index >= 15 is 0 Å². The van der Waals surface area contributed by atoms with Crippen LogP contribution >= 0.6 is 0 Å². The van der Waals surface area contributed by atoms with Gasteiger partial charge in [-0.2, -0.15) is 18.4 Å². The van der Waals surface area contributed by atoms with Gasteiger partial charge in [0.15, 0.2) is 5.78 Å². The molecule has 6 rings (SSSR count). The van der Waals surface area contributed by atoms with Gasteiger partial charge in [0, 0.05) is 52.1 Å². The van der Waals surface area contributed by atoms with Gasteiger partial charge in [0.05, 0.1) is 17.2 Å². The second-order valence-corrected chi connectivity index (χ2v) is 10.9. The summed E-state index contributed by atoms with van der Waals surface area (Å²) in [5, 5.41) is 20.0. The molecule has 2 N–H and O–H groups in total. The molecule has 0 saturated heterocycles. The number of aromatic amines is 1. The molecule has 2 aromatic heterocycles. The number of aryl methyl sites for hydroxylation is 1. The van der Waals surface area contributed by atoms with E-state index in [0.29, 0.717) is 34.3 Å². The number of carbonyl (C=O) groups is 2. The Labute approximate surface area is 227 Å². The van der Waals surface area contributed by atoms with Crippen molar-refractivity contribution in [3.63, 3.8) is 0 Å². The predicted molar refractivity (Wildman–Crippen MR) is 140 cm³/mol. The van der Waals surface area contributed by atoms with Crippen molar-refractivity contribution >= 4 is 28.3 Å². The van der Waals surface area contributed by atoms with Gasteiger partial charge in [-0.3, -0.25) is 9.59 Å². The summed E-state index contributed by atoms with van der Waals surface area (Å²) in [7, 11) is 0. The molecule has 0 spiro atoms. The maximum absolute atomic E-state index is 13.8. The monoisotopic (exact) mass is 546 g/mol. The number of ketones is 1. The molecule has 1 atom stereocenters. The molecule has 40 heavy (non-hydrogen) atoms. The summed E-state index contributed by atoms with van der Waals surface area (Å²) >= 11 is 0. The maximum atomic E-state index is 13.8. The average molecular weight is 547 g/mol. The van der Waals surface area contributed by atoms with Crippen LogP contribution < -0.4 is 5.32 Å². The summed E-state index contributed by atoms with van der Waals surface area (Å²) in [6, 6.07) is 11.0. The Kier molecular flexibility index (Phi) is 5.66. The highest BCUT2D eigenvalue weighted by molar-refractivity contribution is 6.20. The van der Waals surface area contributed by atoms with Crippen molar-refractivity contribution in [1.82, 2.24) is 19.7 Å². The van der Waals surface area contributed by atoms with Crippen LogP contribution in [0.1, 0.15) is 77.1 Å². The van der Waals surface area contributed by atoms with Gasteiger partial charge in [0.2, 0.25) is 11.7 Å². The molecule has 0 saturated carbocycles. The fraction of sp³-hybridized carbons (Fsp3) is 0.345. The van der Waals surface area contributed by atoms with Crippen molar-refractivity contribution in [3.8, 4) is 6.07 Å². The Morgan fingerprint density at radius 1 is 1.25 bits per heavy atom. The lowest BCUT2D eigenvalue weighted by Gasteiger charge is -2.33. The number of hydrogen-bond acceptors (Lipinski definition) is 5. The van der Waals surface area contributed by atoms with E-state index in [1.165, 1.54) is 0 Å². The van der Waals surface area contributed by atoms with Crippen LogP contribution in [-0.2, 0) is 35.8 Å². The first kappa shape index (κ1) is 25.8. The van der Waals surface area contributed by atoms with Gasteiger partial charge in [-0.05, 0) is 48.2 Å². The standard InChI is InChI=1S/C29H25F3N6O2/c1-4-15-10-18-19(28(2,3)25-23(24(18)39)17-6-5-14(13-33)9-21(17)34-25)12-20(15)35-26(40)16-7-8-38-22(11-16)36-37-27(38)29(30,31)32/h5-6,9-10,12,16,34H,4,7-8,11H2,1-3H3,(H,35,40). The largest absolute Gasteiger partial charge is 0.451 e.